The number of rotatable bonds is 9. The van der Waals surface area contributed by atoms with Gasteiger partial charge in [-0.2, -0.15) is 0 Å². The highest BCUT2D eigenvalue weighted by Gasteiger charge is 2.34. The number of carbonyl (C=O) groups excluding carboxylic acids is 3. The summed E-state index contributed by atoms with van der Waals surface area (Å²) in [6.45, 7) is 0. The van der Waals surface area contributed by atoms with Gasteiger partial charge in [-0.25, -0.2) is 13.6 Å². The van der Waals surface area contributed by atoms with E-state index < -0.39 is 52.8 Å². The lowest BCUT2D eigenvalue weighted by Crippen LogP contribution is -2.46. The van der Waals surface area contributed by atoms with Gasteiger partial charge in [-0.3, -0.25) is 19.7 Å². The number of non-ortho nitro benzene ring substituents is 1. The zero-order valence-corrected chi connectivity index (χ0v) is 17.2. The van der Waals surface area contributed by atoms with Gasteiger partial charge in [0, 0.05) is 24.1 Å². The van der Waals surface area contributed by atoms with Gasteiger partial charge in [-0.15, -0.1) is 0 Å². The third-order valence-electron chi connectivity index (χ3n) is 4.69. The van der Waals surface area contributed by atoms with Gasteiger partial charge in [0.1, 0.15) is 17.7 Å². The predicted octanol–water partition coefficient (Wildman–Crippen LogP) is 2.42. The molecule has 0 saturated heterocycles. The molecule has 11 heteroatoms. The summed E-state index contributed by atoms with van der Waals surface area (Å²) in [6.07, 6.45) is -0.871. The topological polar surface area (TPSA) is 125 Å². The van der Waals surface area contributed by atoms with Crippen molar-refractivity contribution >= 4 is 23.5 Å². The van der Waals surface area contributed by atoms with E-state index in [0.29, 0.717) is 11.6 Å². The van der Waals surface area contributed by atoms with Gasteiger partial charge in [-0.05, 0) is 17.2 Å². The largest absolute Gasteiger partial charge is 0.469 e. The number of carbonyl (C=O) groups is 3. The Labute approximate surface area is 181 Å². The number of hydrogen-bond donors (Lipinski definition) is 1. The number of nitro groups is 1. The smallest absolute Gasteiger partial charge is 0.329 e. The number of ether oxygens (including phenoxy) is 2. The Hall–Kier alpha value is -3.89. The SMILES string of the molecule is COC(=O)C[C@H](c1ccc([N+](=O)[O-])cc1)[C@@H](NC(=O)Cc1ccc(F)cc1F)C(=O)OC. The molecule has 0 unspecified atom stereocenters. The minimum Gasteiger partial charge on any atom is -0.469 e. The quantitative estimate of drug-likeness (QED) is 0.353. The highest BCUT2D eigenvalue weighted by molar-refractivity contribution is 5.87. The van der Waals surface area contributed by atoms with Gasteiger partial charge in [0.25, 0.3) is 5.69 Å². The van der Waals surface area contributed by atoms with Crippen molar-refractivity contribution in [3.05, 3.63) is 75.3 Å². The molecule has 9 nitrogen and oxygen atoms in total. The van der Waals surface area contributed by atoms with E-state index in [1.54, 1.807) is 0 Å². The fourth-order valence-electron chi connectivity index (χ4n) is 3.05. The summed E-state index contributed by atoms with van der Waals surface area (Å²) in [7, 11) is 2.21. The third kappa shape index (κ3) is 6.30. The highest BCUT2D eigenvalue weighted by atomic mass is 19.1. The summed E-state index contributed by atoms with van der Waals surface area (Å²) >= 11 is 0. The van der Waals surface area contributed by atoms with E-state index in [0.717, 1.165) is 26.4 Å². The van der Waals surface area contributed by atoms with Crippen LogP contribution in [0, 0.1) is 21.7 Å². The van der Waals surface area contributed by atoms with Crippen LogP contribution in [0.5, 0.6) is 0 Å². The molecular weight excluding hydrogens is 430 g/mol. The molecule has 0 aliphatic carbocycles. The summed E-state index contributed by atoms with van der Waals surface area (Å²) < 4.78 is 36.4. The summed E-state index contributed by atoms with van der Waals surface area (Å²) in [5, 5.41) is 13.3. The van der Waals surface area contributed by atoms with Gasteiger partial charge >= 0.3 is 11.9 Å². The van der Waals surface area contributed by atoms with Crippen LogP contribution in [-0.4, -0.2) is 43.0 Å². The zero-order valence-electron chi connectivity index (χ0n) is 17.2. The molecule has 1 N–H and O–H groups in total. The number of hydrogen-bond acceptors (Lipinski definition) is 7. The van der Waals surface area contributed by atoms with Crippen LogP contribution in [-0.2, 0) is 30.3 Å². The first kappa shape index (κ1) is 24.4. The molecule has 2 atom stereocenters. The molecule has 0 saturated carbocycles. The number of amides is 1. The van der Waals surface area contributed by atoms with Gasteiger partial charge in [0.05, 0.1) is 32.0 Å². The van der Waals surface area contributed by atoms with E-state index in [-0.39, 0.29) is 17.7 Å². The van der Waals surface area contributed by atoms with Crippen molar-refractivity contribution in [2.75, 3.05) is 14.2 Å². The molecule has 0 heterocycles. The monoisotopic (exact) mass is 450 g/mol. The molecule has 0 aromatic heterocycles. The molecule has 0 fully saturated rings. The predicted molar refractivity (Wildman–Crippen MR) is 106 cm³/mol. The van der Waals surface area contributed by atoms with E-state index in [1.807, 2.05) is 0 Å². The second-order valence-corrected chi connectivity index (χ2v) is 6.72. The van der Waals surface area contributed by atoms with Gasteiger partial charge in [-0.1, -0.05) is 18.2 Å². The lowest BCUT2D eigenvalue weighted by molar-refractivity contribution is -0.384. The Morgan fingerprint density at radius 2 is 1.72 bits per heavy atom. The highest BCUT2D eigenvalue weighted by Crippen LogP contribution is 2.27. The molecule has 0 radical (unpaired) electrons. The molecule has 0 aliphatic rings. The Balaban J connectivity index is 2.34. The van der Waals surface area contributed by atoms with Crippen molar-refractivity contribution < 1.29 is 37.6 Å². The average Bonchev–Trinajstić information content (AvgIpc) is 2.77. The first-order valence-corrected chi connectivity index (χ1v) is 9.28. The fourth-order valence-corrected chi connectivity index (χ4v) is 3.05. The number of nitro benzene ring substituents is 1. The van der Waals surface area contributed by atoms with Crippen LogP contribution in [0.4, 0.5) is 14.5 Å². The van der Waals surface area contributed by atoms with Crippen molar-refractivity contribution in [1.82, 2.24) is 5.32 Å². The maximum Gasteiger partial charge on any atom is 0.329 e. The number of methoxy groups -OCH3 is 2. The third-order valence-corrected chi connectivity index (χ3v) is 4.69. The van der Waals surface area contributed by atoms with Crippen molar-refractivity contribution in [3.8, 4) is 0 Å². The van der Waals surface area contributed by atoms with Crippen molar-refractivity contribution in [2.24, 2.45) is 0 Å². The van der Waals surface area contributed by atoms with E-state index in [9.17, 15) is 33.3 Å². The Bertz CT molecular complexity index is 1010. The summed E-state index contributed by atoms with van der Waals surface area (Å²) in [4.78, 5) is 47.2. The van der Waals surface area contributed by atoms with Crippen LogP contribution in [0.15, 0.2) is 42.5 Å². The van der Waals surface area contributed by atoms with Gasteiger partial charge in [0.15, 0.2) is 0 Å². The first-order valence-electron chi connectivity index (χ1n) is 9.28. The maximum atomic E-state index is 13.9. The maximum absolute atomic E-state index is 13.9. The second kappa shape index (κ2) is 10.9. The van der Waals surface area contributed by atoms with Crippen molar-refractivity contribution in [1.29, 1.82) is 0 Å². The molecule has 32 heavy (non-hydrogen) atoms. The number of nitrogens with zero attached hydrogens (tertiary/aromatic N) is 1. The fraction of sp³-hybridized carbons (Fsp3) is 0.286. The van der Waals surface area contributed by atoms with Gasteiger partial charge < -0.3 is 14.8 Å². The van der Waals surface area contributed by atoms with Crippen LogP contribution in [0.1, 0.15) is 23.5 Å². The van der Waals surface area contributed by atoms with Gasteiger partial charge in [0.2, 0.25) is 5.91 Å². The Morgan fingerprint density at radius 3 is 2.25 bits per heavy atom. The molecule has 0 bridgehead atoms. The summed E-state index contributed by atoms with van der Waals surface area (Å²) in [5.41, 5.74) is 0.00744. The molecular formula is C21H20F2N2O7. The molecule has 170 valence electrons. The molecule has 0 spiro atoms. The standard InChI is InChI=1S/C21H20F2N2O7/c1-31-19(27)11-16(12-4-7-15(8-5-12)25(29)30)20(21(28)32-2)24-18(26)9-13-3-6-14(22)10-17(13)23/h3-8,10,16,20H,9,11H2,1-2H3,(H,24,26)/t16-,20-/m1/s1. The van der Waals surface area contributed by atoms with Crippen LogP contribution in [0.3, 0.4) is 0 Å². The van der Waals surface area contributed by atoms with Crippen LogP contribution >= 0.6 is 0 Å². The number of halogens is 2. The van der Waals surface area contributed by atoms with E-state index in [4.69, 9.17) is 4.74 Å². The lowest BCUT2D eigenvalue weighted by Gasteiger charge is -2.26. The summed E-state index contributed by atoms with van der Waals surface area (Å²) in [6, 6.07) is 6.36. The van der Waals surface area contributed by atoms with Crippen molar-refractivity contribution in [3.63, 3.8) is 0 Å². The van der Waals surface area contributed by atoms with E-state index in [2.05, 4.69) is 10.1 Å². The second-order valence-electron chi connectivity index (χ2n) is 6.72. The van der Waals surface area contributed by atoms with Crippen molar-refractivity contribution in [2.45, 2.75) is 24.8 Å². The molecule has 0 aliphatic heterocycles. The number of nitrogens with one attached hydrogen (secondary N) is 1. The normalized spacial score (nSPS) is 12.4. The molecule has 1 amide bonds. The first-order chi connectivity index (χ1) is 15.2. The lowest BCUT2D eigenvalue weighted by atomic mass is 9.88. The van der Waals surface area contributed by atoms with Crippen LogP contribution < -0.4 is 5.32 Å². The Kier molecular flexibility index (Phi) is 8.33. The zero-order chi connectivity index (χ0) is 23.8. The van der Waals surface area contributed by atoms with E-state index >= 15 is 0 Å². The molecule has 2 aromatic rings. The summed E-state index contributed by atoms with van der Waals surface area (Å²) in [5.74, 6) is -5.14. The average molecular weight is 450 g/mol. The Morgan fingerprint density at radius 1 is 1.06 bits per heavy atom. The minimum atomic E-state index is -1.39. The number of benzene rings is 2. The molecule has 2 rings (SSSR count). The molecule has 2 aromatic carbocycles. The van der Waals surface area contributed by atoms with Crippen LogP contribution in [0.2, 0.25) is 0 Å². The minimum absolute atomic E-state index is 0.104. The van der Waals surface area contributed by atoms with E-state index in [1.165, 1.54) is 24.3 Å². The number of esters is 2. The van der Waals surface area contributed by atoms with Crippen LogP contribution in [0.25, 0.3) is 0 Å².